The van der Waals surface area contributed by atoms with Crippen molar-refractivity contribution >= 4 is 35.6 Å². The van der Waals surface area contributed by atoms with Gasteiger partial charge in [-0.1, -0.05) is 18.2 Å². The Bertz CT molecular complexity index is 629. The van der Waals surface area contributed by atoms with Crippen LogP contribution in [0, 0.1) is 0 Å². The summed E-state index contributed by atoms with van der Waals surface area (Å²) in [5.41, 5.74) is 7.95. The molecule has 0 amide bonds. The number of benzene rings is 1. The van der Waals surface area contributed by atoms with Crippen molar-refractivity contribution < 1.29 is 9.15 Å². The number of likely N-dealkylation sites (N-methyl/N-ethyl adjacent to an activating group) is 1. The minimum Gasteiger partial charge on any atom is -0.468 e. The van der Waals surface area contributed by atoms with Crippen molar-refractivity contribution in [2.75, 3.05) is 33.1 Å². The molecule has 1 heterocycles. The predicted molar refractivity (Wildman–Crippen MR) is 108 cm³/mol. The summed E-state index contributed by atoms with van der Waals surface area (Å²) in [5.74, 6) is 1.23. The zero-order chi connectivity index (χ0) is 16.7. The molecule has 0 radical (unpaired) electrons. The van der Waals surface area contributed by atoms with E-state index in [4.69, 9.17) is 14.9 Å². The Kier molecular flexibility index (Phi) is 8.80. The monoisotopic (exact) mass is 444 g/mol. The fourth-order valence-corrected chi connectivity index (χ4v) is 2.27. The molecular formula is C17H25IN4O2. The van der Waals surface area contributed by atoms with Crippen LogP contribution in [0.3, 0.4) is 0 Å². The highest BCUT2D eigenvalue weighted by atomic mass is 127. The molecule has 7 heteroatoms. The third kappa shape index (κ3) is 5.81. The van der Waals surface area contributed by atoms with Crippen LogP contribution in [0.5, 0.6) is 0 Å². The van der Waals surface area contributed by atoms with Crippen LogP contribution in [-0.4, -0.2) is 38.6 Å². The lowest BCUT2D eigenvalue weighted by Gasteiger charge is -2.20. The first-order valence-electron chi connectivity index (χ1n) is 7.45. The molecule has 0 aliphatic rings. The Hall–Kier alpha value is -1.58. The van der Waals surface area contributed by atoms with Gasteiger partial charge in [-0.25, -0.2) is 0 Å². The number of para-hydroxylation sites is 1. The summed E-state index contributed by atoms with van der Waals surface area (Å²) in [6.07, 6.45) is 1.66. The number of nitrogens with two attached hydrogens (primary N) is 1. The maximum Gasteiger partial charge on any atom is 0.193 e. The number of guanidine groups is 1. The molecule has 0 bridgehead atoms. The molecule has 132 valence electrons. The zero-order valence-corrected chi connectivity index (χ0v) is 16.6. The lowest BCUT2D eigenvalue weighted by atomic mass is 10.2. The Morgan fingerprint density at radius 3 is 2.67 bits per heavy atom. The highest BCUT2D eigenvalue weighted by Crippen LogP contribution is 2.19. The number of methoxy groups -OCH3 is 1. The van der Waals surface area contributed by atoms with Gasteiger partial charge in [-0.3, -0.25) is 9.89 Å². The molecule has 3 N–H and O–H groups in total. The van der Waals surface area contributed by atoms with E-state index in [1.54, 1.807) is 13.4 Å². The fourth-order valence-electron chi connectivity index (χ4n) is 2.27. The quantitative estimate of drug-likeness (QED) is 0.390. The van der Waals surface area contributed by atoms with Gasteiger partial charge in [-0.15, -0.1) is 24.0 Å². The minimum atomic E-state index is 0. The van der Waals surface area contributed by atoms with Gasteiger partial charge in [0.15, 0.2) is 5.96 Å². The highest BCUT2D eigenvalue weighted by molar-refractivity contribution is 14.0. The minimum absolute atomic E-state index is 0. The third-order valence-electron chi connectivity index (χ3n) is 3.51. The topological polar surface area (TPSA) is 76.0 Å². The molecule has 1 atom stereocenters. The Balaban J connectivity index is 0.00000288. The number of hydrogen-bond acceptors (Lipinski definition) is 4. The van der Waals surface area contributed by atoms with Crippen molar-refractivity contribution in [3.63, 3.8) is 0 Å². The van der Waals surface area contributed by atoms with Crippen molar-refractivity contribution in [2.45, 2.75) is 12.6 Å². The van der Waals surface area contributed by atoms with E-state index in [-0.39, 0.29) is 30.0 Å². The van der Waals surface area contributed by atoms with Gasteiger partial charge in [0.1, 0.15) is 5.76 Å². The molecule has 1 unspecified atom stereocenters. The van der Waals surface area contributed by atoms with Gasteiger partial charge in [0.05, 0.1) is 25.5 Å². The van der Waals surface area contributed by atoms with E-state index in [0.717, 1.165) is 17.0 Å². The predicted octanol–water partition coefficient (Wildman–Crippen LogP) is 3.07. The maximum atomic E-state index is 6.02. The SMILES string of the molecule is COCc1ccccc1NC(N)=NCC(c1ccco1)N(C)C.I. The molecule has 2 aromatic rings. The normalized spacial score (nSPS) is 12.8. The number of rotatable bonds is 7. The lowest BCUT2D eigenvalue weighted by Crippen LogP contribution is -2.27. The van der Waals surface area contributed by atoms with Crippen LogP contribution < -0.4 is 11.1 Å². The molecule has 0 aliphatic heterocycles. The summed E-state index contributed by atoms with van der Waals surface area (Å²) in [7, 11) is 5.64. The number of aliphatic imine (C=N–C) groups is 1. The van der Waals surface area contributed by atoms with Crippen LogP contribution in [0.15, 0.2) is 52.1 Å². The largest absolute Gasteiger partial charge is 0.468 e. The lowest BCUT2D eigenvalue weighted by molar-refractivity contribution is 0.185. The number of anilines is 1. The maximum absolute atomic E-state index is 6.02. The third-order valence-corrected chi connectivity index (χ3v) is 3.51. The van der Waals surface area contributed by atoms with E-state index in [9.17, 15) is 0 Å². The molecule has 0 saturated carbocycles. The van der Waals surface area contributed by atoms with Crippen LogP contribution in [0.25, 0.3) is 0 Å². The Labute approximate surface area is 160 Å². The second-order valence-electron chi connectivity index (χ2n) is 5.44. The first-order chi connectivity index (χ1) is 11.1. The van der Waals surface area contributed by atoms with Crippen LogP contribution in [0.4, 0.5) is 5.69 Å². The van der Waals surface area contributed by atoms with Crippen molar-refractivity contribution in [1.82, 2.24) is 4.90 Å². The highest BCUT2D eigenvalue weighted by Gasteiger charge is 2.16. The first-order valence-corrected chi connectivity index (χ1v) is 7.45. The molecule has 0 saturated heterocycles. The molecule has 24 heavy (non-hydrogen) atoms. The standard InChI is InChI=1S/C17H24N4O2.HI/c1-21(2)15(16-9-6-10-23-16)11-19-17(18)20-14-8-5-4-7-13(14)12-22-3;/h4-10,15H,11-12H2,1-3H3,(H3,18,19,20);1H. The Morgan fingerprint density at radius 1 is 1.29 bits per heavy atom. The number of furan rings is 1. The second kappa shape index (κ2) is 10.3. The number of halogens is 1. The van der Waals surface area contributed by atoms with E-state index in [0.29, 0.717) is 19.1 Å². The van der Waals surface area contributed by atoms with Crippen LogP contribution >= 0.6 is 24.0 Å². The van der Waals surface area contributed by atoms with E-state index >= 15 is 0 Å². The van der Waals surface area contributed by atoms with Crippen LogP contribution in [0.2, 0.25) is 0 Å². The number of ether oxygens (including phenoxy) is 1. The molecular weight excluding hydrogens is 419 g/mol. The van der Waals surface area contributed by atoms with Gasteiger partial charge in [0.25, 0.3) is 0 Å². The van der Waals surface area contributed by atoms with Crippen molar-refractivity contribution in [3.05, 3.63) is 54.0 Å². The molecule has 0 spiro atoms. The molecule has 2 rings (SSSR count). The number of hydrogen-bond donors (Lipinski definition) is 2. The molecule has 6 nitrogen and oxygen atoms in total. The van der Waals surface area contributed by atoms with Gasteiger partial charge >= 0.3 is 0 Å². The van der Waals surface area contributed by atoms with Crippen molar-refractivity contribution in [2.24, 2.45) is 10.7 Å². The molecule has 1 aromatic carbocycles. The Morgan fingerprint density at radius 2 is 2.04 bits per heavy atom. The summed E-state index contributed by atoms with van der Waals surface area (Å²) >= 11 is 0. The van der Waals surface area contributed by atoms with E-state index in [1.807, 2.05) is 50.5 Å². The molecule has 0 fully saturated rings. The number of nitrogens with one attached hydrogen (secondary N) is 1. The van der Waals surface area contributed by atoms with Crippen molar-refractivity contribution in [3.8, 4) is 0 Å². The van der Waals surface area contributed by atoms with Crippen molar-refractivity contribution in [1.29, 1.82) is 0 Å². The van der Waals surface area contributed by atoms with Gasteiger partial charge in [-0.2, -0.15) is 0 Å². The fraction of sp³-hybridized carbons (Fsp3) is 0.353. The van der Waals surface area contributed by atoms with Gasteiger partial charge in [0, 0.05) is 18.4 Å². The van der Waals surface area contributed by atoms with E-state index in [1.165, 1.54) is 0 Å². The smallest absolute Gasteiger partial charge is 0.193 e. The average Bonchev–Trinajstić information content (AvgIpc) is 3.03. The van der Waals surface area contributed by atoms with E-state index in [2.05, 4.69) is 15.2 Å². The summed E-state index contributed by atoms with van der Waals surface area (Å²) in [4.78, 5) is 6.49. The van der Waals surface area contributed by atoms with Crippen LogP contribution in [0.1, 0.15) is 17.4 Å². The number of nitrogens with zero attached hydrogens (tertiary/aromatic N) is 2. The first kappa shape index (κ1) is 20.5. The van der Waals surface area contributed by atoms with E-state index < -0.39 is 0 Å². The van der Waals surface area contributed by atoms with Gasteiger partial charge in [0.2, 0.25) is 0 Å². The second-order valence-corrected chi connectivity index (χ2v) is 5.44. The molecule has 1 aromatic heterocycles. The molecule has 0 aliphatic carbocycles. The summed E-state index contributed by atoms with van der Waals surface area (Å²) in [5, 5.41) is 3.13. The zero-order valence-electron chi connectivity index (χ0n) is 14.2. The van der Waals surface area contributed by atoms with Gasteiger partial charge in [-0.05, 0) is 32.3 Å². The summed E-state index contributed by atoms with van der Waals surface area (Å²) in [6.45, 7) is 1.02. The summed E-state index contributed by atoms with van der Waals surface area (Å²) < 4.78 is 10.7. The van der Waals surface area contributed by atoms with Crippen LogP contribution in [-0.2, 0) is 11.3 Å². The van der Waals surface area contributed by atoms with Gasteiger partial charge < -0.3 is 20.2 Å². The average molecular weight is 444 g/mol. The summed E-state index contributed by atoms with van der Waals surface area (Å²) in [6, 6.07) is 11.7.